The molecule has 0 amide bonds. The Morgan fingerprint density at radius 3 is 2.77 bits per heavy atom. The highest BCUT2D eigenvalue weighted by Crippen LogP contribution is 2.36. The maximum Gasteiger partial charge on any atom is 0.273 e. The fraction of sp³-hybridized carbons (Fsp3) is 0.250. The van der Waals surface area contributed by atoms with Crippen LogP contribution in [0.2, 0.25) is 0 Å². The van der Waals surface area contributed by atoms with Crippen molar-refractivity contribution in [3.05, 3.63) is 28.3 Å². The molecule has 5 nitrogen and oxygen atoms in total. The lowest BCUT2D eigenvalue weighted by molar-refractivity contribution is -0.384. The minimum atomic E-state index is -0.466. The Morgan fingerprint density at radius 1 is 1.38 bits per heavy atom. The van der Waals surface area contributed by atoms with E-state index in [0.717, 1.165) is 0 Å². The van der Waals surface area contributed by atoms with Crippen molar-refractivity contribution in [1.82, 2.24) is 0 Å². The van der Waals surface area contributed by atoms with E-state index >= 15 is 0 Å². The average Bonchev–Trinajstić information content (AvgIpc) is 2.42. The lowest BCUT2D eigenvalue weighted by Crippen LogP contribution is -2.11. The first-order valence-electron chi connectivity index (χ1n) is 3.78. The highest BCUT2D eigenvalue weighted by molar-refractivity contribution is 5.49. The van der Waals surface area contributed by atoms with E-state index in [2.05, 4.69) is 0 Å². The number of nitro groups is 1. The van der Waals surface area contributed by atoms with Gasteiger partial charge in [-0.25, -0.2) is 0 Å². The largest absolute Gasteiger partial charge is 0.451 e. The molecule has 0 fully saturated rings. The van der Waals surface area contributed by atoms with Crippen molar-refractivity contribution in [3.63, 3.8) is 0 Å². The first-order chi connectivity index (χ1) is 6.16. The first kappa shape index (κ1) is 7.85. The normalized spacial score (nSPS) is 18.7. The van der Waals surface area contributed by atoms with E-state index in [1.807, 2.05) is 0 Å². The van der Waals surface area contributed by atoms with E-state index in [1.165, 1.54) is 18.2 Å². The number of rotatable bonds is 1. The van der Waals surface area contributed by atoms with Gasteiger partial charge in [-0.05, 0) is 6.07 Å². The second kappa shape index (κ2) is 2.62. The molecule has 1 aliphatic heterocycles. The zero-order valence-corrected chi connectivity index (χ0v) is 6.89. The minimum Gasteiger partial charge on any atom is -0.451 e. The maximum atomic E-state index is 10.4. The Labute approximate surface area is 74.0 Å². The van der Waals surface area contributed by atoms with Crippen molar-refractivity contribution in [1.29, 1.82) is 0 Å². The van der Waals surface area contributed by atoms with Crippen molar-refractivity contribution in [2.45, 2.75) is 13.2 Å². The number of hydrogen-bond acceptors (Lipinski definition) is 4. The molecule has 0 aromatic heterocycles. The van der Waals surface area contributed by atoms with Crippen LogP contribution in [0.1, 0.15) is 6.92 Å². The summed E-state index contributed by atoms with van der Waals surface area (Å²) in [4.78, 5) is 9.93. The van der Waals surface area contributed by atoms with Gasteiger partial charge in [-0.15, -0.1) is 0 Å². The van der Waals surface area contributed by atoms with E-state index in [-0.39, 0.29) is 12.0 Å². The molecule has 0 saturated carbocycles. The van der Waals surface area contributed by atoms with E-state index < -0.39 is 4.92 Å². The van der Waals surface area contributed by atoms with Gasteiger partial charge in [0.2, 0.25) is 6.29 Å². The van der Waals surface area contributed by atoms with Gasteiger partial charge in [-0.2, -0.15) is 0 Å². The van der Waals surface area contributed by atoms with Gasteiger partial charge in [0, 0.05) is 13.0 Å². The standard InChI is InChI=1S/C8H7NO4/c1-5-12-7-3-2-6(9(10)11)4-8(7)13-5/h2-5H,1H3. The van der Waals surface area contributed by atoms with Gasteiger partial charge >= 0.3 is 0 Å². The van der Waals surface area contributed by atoms with E-state index in [9.17, 15) is 10.1 Å². The summed E-state index contributed by atoms with van der Waals surface area (Å²) in [7, 11) is 0. The van der Waals surface area contributed by atoms with E-state index in [0.29, 0.717) is 11.5 Å². The van der Waals surface area contributed by atoms with Crippen LogP contribution in [0.4, 0.5) is 5.69 Å². The summed E-state index contributed by atoms with van der Waals surface area (Å²) >= 11 is 0. The maximum absolute atomic E-state index is 10.4. The number of benzene rings is 1. The monoisotopic (exact) mass is 181 g/mol. The predicted octanol–water partition coefficient (Wildman–Crippen LogP) is 1.71. The van der Waals surface area contributed by atoms with Crippen LogP contribution >= 0.6 is 0 Å². The minimum absolute atomic E-state index is 0.0106. The third-order valence-corrected chi connectivity index (χ3v) is 1.72. The Morgan fingerprint density at radius 2 is 2.08 bits per heavy atom. The second-order valence-corrected chi connectivity index (χ2v) is 2.69. The van der Waals surface area contributed by atoms with Gasteiger partial charge in [0.15, 0.2) is 11.5 Å². The molecular weight excluding hydrogens is 174 g/mol. The molecule has 1 unspecified atom stereocenters. The van der Waals surface area contributed by atoms with Crippen LogP contribution < -0.4 is 9.47 Å². The molecule has 0 spiro atoms. The van der Waals surface area contributed by atoms with Crippen molar-refractivity contribution in [2.75, 3.05) is 0 Å². The van der Waals surface area contributed by atoms with Crippen LogP contribution in [-0.4, -0.2) is 11.2 Å². The number of ether oxygens (including phenoxy) is 2. The zero-order chi connectivity index (χ0) is 9.42. The van der Waals surface area contributed by atoms with Gasteiger partial charge in [-0.3, -0.25) is 10.1 Å². The fourth-order valence-electron chi connectivity index (χ4n) is 1.18. The quantitative estimate of drug-likeness (QED) is 0.488. The van der Waals surface area contributed by atoms with E-state index in [1.54, 1.807) is 6.92 Å². The molecule has 68 valence electrons. The van der Waals surface area contributed by atoms with Crippen LogP contribution in [0.15, 0.2) is 18.2 Å². The molecule has 5 heteroatoms. The number of nitrogens with zero attached hydrogens (tertiary/aromatic N) is 1. The molecule has 1 heterocycles. The molecule has 1 aromatic carbocycles. The summed E-state index contributed by atoms with van der Waals surface area (Å²) in [5, 5.41) is 10.4. The van der Waals surface area contributed by atoms with Crippen molar-refractivity contribution < 1.29 is 14.4 Å². The SMILES string of the molecule is CC1Oc2ccc([N+](=O)[O-])cc2O1. The molecule has 0 saturated heterocycles. The second-order valence-electron chi connectivity index (χ2n) is 2.69. The number of nitro benzene ring substituents is 1. The third kappa shape index (κ3) is 1.28. The summed E-state index contributed by atoms with van der Waals surface area (Å²) in [5.74, 6) is 0.986. The van der Waals surface area contributed by atoms with Gasteiger partial charge < -0.3 is 9.47 Å². The predicted molar refractivity (Wildman–Crippen MR) is 43.8 cm³/mol. The van der Waals surface area contributed by atoms with E-state index in [4.69, 9.17) is 9.47 Å². The van der Waals surface area contributed by atoms with Gasteiger partial charge in [0.1, 0.15) is 0 Å². The summed E-state index contributed by atoms with van der Waals surface area (Å²) in [6.45, 7) is 1.73. The van der Waals surface area contributed by atoms with Crippen LogP contribution in [0.25, 0.3) is 0 Å². The zero-order valence-electron chi connectivity index (χ0n) is 6.89. The smallest absolute Gasteiger partial charge is 0.273 e. The Bertz CT molecular complexity index is 363. The Kier molecular flexibility index (Phi) is 1.58. The highest BCUT2D eigenvalue weighted by Gasteiger charge is 2.22. The van der Waals surface area contributed by atoms with Crippen molar-refractivity contribution >= 4 is 5.69 Å². The molecular formula is C8H7NO4. The molecule has 0 aliphatic carbocycles. The lowest BCUT2D eigenvalue weighted by Gasteiger charge is -1.99. The summed E-state index contributed by atoms with van der Waals surface area (Å²) < 4.78 is 10.4. The number of non-ortho nitro benzene ring substituents is 1. The van der Waals surface area contributed by atoms with Crippen LogP contribution in [-0.2, 0) is 0 Å². The Balaban J connectivity index is 2.40. The molecule has 2 rings (SSSR count). The number of hydrogen-bond donors (Lipinski definition) is 0. The van der Waals surface area contributed by atoms with Crippen LogP contribution in [0.5, 0.6) is 11.5 Å². The molecule has 1 aromatic rings. The topological polar surface area (TPSA) is 61.6 Å². The van der Waals surface area contributed by atoms with Crippen LogP contribution in [0.3, 0.4) is 0 Å². The highest BCUT2D eigenvalue weighted by atomic mass is 16.7. The molecule has 0 N–H and O–H groups in total. The Hall–Kier alpha value is -1.78. The van der Waals surface area contributed by atoms with Gasteiger partial charge in [-0.1, -0.05) is 0 Å². The molecule has 0 bridgehead atoms. The third-order valence-electron chi connectivity index (χ3n) is 1.72. The first-order valence-corrected chi connectivity index (χ1v) is 3.78. The molecule has 13 heavy (non-hydrogen) atoms. The fourth-order valence-corrected chi connectivity index (χ4v) is 1.18. The summed E-state index contributed by atoms with van der Waals surface area (Å²) in [6.07, 6.45) is -0.364. The molecule has 1 aliphatic rings. The van der Waals surface area contributed by atoms with Crippen molar-refractivity contribution in [2.24, 2.45) is 0 Å². The number of fused-ring (bicyclic) bond motifs is 1. The van der Waals surface area contributed by atoms with Crippen molar-refractivity contribution in [3.8, 4) is 11.5 Å². The average molecular weight is 181 g/mol. The summed E-state index contributed by atoms with van der Waals surface area (Å²) in [5.41, 5.74) is 0.0106. The van der Waals surface area contributed by atoms with Gasteiger partial charge in [0.25, 0.3) is 5.69 Å². The molecule has 1 atom stereocenters. The van der Waals surface area contributed by atoms with Gasteiger partial charge in [0.05, 0.1) is 11.0 Å². The lowest BCUT2D eigenvalue weighted by atomic mass is 10.3. The molecule has 0 radical (unpaired) electrons. The van der Waals surface area contributed by atoms with Crippen LogP contribution in [0, 0.1) is 10.1 Å². The summed E-state index contributed by atoms with van der Waals surface area (Å²) in [6, 6.07) is 4.29.